The Morgan fingerprint density at radius 3 is 2.48 bits per heavy atom. The summed E-state index contributed by atoms with van der Waals surface area (Å²) in [5.74, 6) is 0.880. The minimum atomic E-state index is -3.29. The van der Waals surface area contributed by atoms with Gasteiger partial charge in [-0.25, -0.2) is 8.42 Å². The lowest BCUT2D eigenvalue weighted by Crippen LogP contribution is -2.55. The number of fused-ring (bicyclic) bond motifs is 1. The number of amides is 1. The van der Waals surface area contributed by atoms with Crippen LogP contribution in [0.15, 0.2) is 0 Å². The third-order valence-corrected chi connectivity index (χ3v) is 7.91. The fourth-order valence-corrected chi connectivity index (χ4v) is 6.53. The van der Waals surface area contributed by atoms with Crippen LogP contribution in [0.5, 0.6) is 0 Å². The molecule has 3 rings (SSSR count). The van der Waals surface area contributed by atoms with Crippen LogP contribution in [0.1, 0.15) is 64.7 Å². The van der Waals surface area contributed by atoms with Gasteiger partial charge in [0.1, 0.15) is 6.04 Å². The predicted octanol–water partition coefficient (Wildman–Crippen LogP) is 2.37. The van der Waals surface area contributed by atoms with Crippen LogP contribution >= 0.6 is 0 Å². The monoisotopic (exact) mass is 342 g/mol. The molecule has 1 amide bonds. The first-order valence-corrected chi connectivity index (χ1v) is 11.0. The molecule has 3 atom stereocenters. The van der Waals surface area contributed by atoms with Gasteiger partial charge in [0, 0.05) is 19.1 Å². The van der Waals surface area contributed by atoms with E-state index >= 15 is 0 Å². The summed E-state index contributed by atoms with van der Waals surface area (Å²) in [5, 5.41) is 0. The summed E-state index contributed by atoms with van der Waals surface area (Å²) in [6.45, 7) is 3.21. The number of hydrogen-bond acceptors (Lipinski definition) is 3. The van der Waals surface area contributed by atoms with Crippen LogP contribution in [0, 0.1) is 5.92 Å². The highest BCUT2D eigenvalue weighted by molar-refractivity contribution is 7.89. The molecule has 3 fully saturated rings. The zero-order valence-corrected chi connectivity index (χ0v) is 15.1. The van der Waals surface area contributed by atoms with E-state index in [1.165, 1.54) is 30.0 Å². The lowest BCUT2D eigenvalue weighted by molar-refractivity contribution is -0.141. The second-order valence-corrected chi connectivity index (χ2v) is 9.41. The van der Waals surface area contributed by atoms with Crippen molar-refractivity contribution >= 4 is 15.9 Å². The fraction of sp³-hybridized carbons (Fsp3) is 0.941. The van der Waals surface area contributed by atoms with E-state index in [0.717, 1.165) is 25.8 Å². The molecule has 0 unspecified atom stereocenters. The van der Waals surface area contributed by atoms with Gasteiger partial charge in [0.05, 0.1) is 5.75 Å². The summed E-state index contributed by atoms with van der Waals surface area (Å²) in [4.78, 5) is 15.2. The predicted molar refractivity (Wildman–Crippen MR) is 90.5 cm³/mol. The van der Waals surface area contributed by atoms with Gasteiger partial charge < -0.3 is 4.90 Å². The van der Waals surface area contributed by atoms with E-state index in [2.05, 4.69) is 4.90 Å². The van der Waals surface area contributed by atoms with Gasteiger partial charge in [0.15, 0.2) is 0 Å². The quantitative estimate of drug-likeness (QED) is 0.788. The molecule has 23 heavy (non-hydrogen) atoms. The van der Waals surface area contributed by atoms with Crippen molar-refractivity contribution in [2.45, 2.75) is 76.8 Å². The van der Waals surface area contributed by atoms with Crippen molar-refractivity contribution in [1.82, 2.24) is 9.21 Å². The summed E-state index contributed by atoms with van der Waals surface area (Å²) >= 11 is 0. The van der Waals surface area contributed by atoms with Crippen LogP contribution in [-0.2, 0) is 14.8 Å². The summed E-state index contributed by atoms with van der Waals surface area (Å²) in [6, 6.07) is -0.0754. The number of sulfonamides is 1. The van der Waals surface area contributed by atoms with E-state index in [4.69, 9.17) is 0 Å². The van der Waals surface area contributed by atoms with Gasteiger partial charge in [0.25, 0.3) is 0 Å². The average molecular weight is 343 g/mol. The van der Waals surface area contributed by atoms with Crippen molar-refractivity contribution in [3.63, 3.8) is 0 Å². The molecule has 1 saturated carbocycles. The zero-order valence-electron chi connectivity index (χ0n) is 14.2. The van der Waals surface area contributed by atoms with Crippen LogP contribution in [-0.4, -0.2) is 54.5 Å². The molecule has 0 aromatic carbocycles. The molecule has 0 radical (unpaired) electrons. The largest absolute Gasteiger partial charge is 0.338 e. The van der Waals surface area contributed by atoms with Crippen molar-refractivity contribution < 1.29 is 13.2 Å². The second kappa shape index (κ2) is 7.09. The molecule has 0 aromatic heterocycles. The van der Waals surface area contributed by atoms with Crippen LogP contribution < -0.4 is 0 Å². The van der Waals surface area contributed by atoms with Gasteiger partial charge >= 0.3 is 0 Å². The Morgan fingerprint density at radius 1 is 1.00 bits per heavy atom. The Labute approximate surface area is 140 Å². The lowest BCUT2D eigenvalue weighted by atomic mass is 9.78. The molecule has 0 aromatic rings. The molecule has 3 aliphatic rings. The number of rotatable bonds is 4. The number of piperidine rings is 1. The third-order valence-electron chi connectivity index (χ3n) is 5.83. The number of nitrogens with zero attached hydrogens (tertiary/aromatic N) is 2. The van der Waals surface area contributed by atoms with E-state index in [1.807, 2.05) is 6.92 Å². The standard InChI is InChI=1S/C17H30N2O3S/c1-2-13-23(21,22)19-12-6-10-16(19)17(20)18-11-5-8-14-7-3-4-9-15(14)18/h14-16H,2-13H2,1H3/t14-,15-,16+/m0/s1. The zero-order chi connectivity index (χ0) is 16.4. The van der Waals surface area contributed by atoms with Gasteiger partial charge in [-0.1, -0.05) is 19.8 Å². The summed E-state index contributed by atoms with van der Waals surface area (Å²) in [7, 11) is -3.29. The van der Waals surface area contributed by atoms with Gasteiger partial charge in [-0.05, 0) is 50.9 Å². The molecule has 2 heterocycles. The van der Waals surface area contributed by atoms with E-state index in [-0.39, 0.29) is 11.7 Å². The topological polar surface area (TPSA) is 57.7 Å². The molecule has 132 valence electrons. The minimum Gasteiger partial charge on any atom is -0.338 e. The Kier molecular flexibility index (Phi) is 5.31. The first-order chi connectivity index (χ1) is 11.0. The molecule has 2 saturated heterocycles. The molecule has 2 aliphatic heterocycles. The fourth-order valence-electron chi connectivity index (χ4n) is 4.78. The third kappa shape index (κ3) is 3.43. The number of likely N-dealkylation sites (tertiary alicyclic amines) is 1. The summed E-state index contributed by atoms with van der Waals surface area (Å²) in [5.41, 5.74) is 0. The maximum atomic E-state index is 13.1. The van der Waals surface area contributed by atoms with Gasteiger partial charge in [-0.15, -0.1) is 0 Å². The maximum Gasteiger partial charge on any atom is 0.241 e. The lowest BCUT2D eigenvalue weighted by Gasteiger charge is -2.45. The number of hydrogen-bond donors (Lipinski definition) is 0. The normalized spacial score (nSPS) is 32.7. The molecular weight excluding hydrogens is 312 g/mol. The van der Waals surface area contributed by atoms with E-state index in [1.54, 1.807) is 0 Å². The van der Waals surface area contributed by atoms with Gasteiger partial charge in [-0.2, -0.15) is 4.31 Å². The first kappa shape index (κ1) is 17.2. The van der Waals surface area contributed by atoms with Crippen molar-refractivity contribution in [1.29, 1.82) is 0 Å². The minimum absolute atomic E-state index is 0.0822. The smallest absolute Gasteiger partial charge is 0.241 e. The van der Waals surface area contributed by atoms with Crippen LogP contribution in [0.4, 0.5) is 0 Å². The Hall–Kier alpha value is -0.620. The van der Waals surface area contributed by atoms with Crippen molar-refractivity contribution in [2.75, 3.05) is 18.8 Å². The summed E-state index contributed by atoms with van der Waals surface area (Å²) < 4.78 is 26.4. The van der Waals surface area contributed by atoms with E-state index in [0.29, 0.717) is 31.3 Å². The molecule has 1 aliphatic carbocycles. The number of carbonyl (C=O) groups is 1. The van der Waals surface area contributed by atoms with Crippen molar-refractivity contribution in [3.8, 4) is 0 Å². The van der Waals surface area contributed by atoms with Gasteiger partial charge in [0.2, 0.25) is 15.9 Å². The summed E-state index contributed by atoms with van der Waals surface area (Å²) in [6.07, 6.45) is 9.22. The first-order valence-electron chi connectivity index (χ1n) is 9.34. The number of carbonyl (C=O) groups excluding carboxylic acids is 1. The highest BCUT2D eigenvalue weighted by atomic mass is 32.2. The molecule has 5 nitrogen and oxygen atoms in total. The van der Waals surface area contributed by atoms with Crippen molar-refractivity contribution in [3.05, 3.63) is 0 Å². The highest BCUT2D eigenvalue weighted by Crippen LogP contribution is 2.36. The average Bonchev–Trinajstić information content (AvgIpc) is 3.04. The van der Waals surface area contributed by atoms with Crippen LogP contribution in [0.3, 0.4) is 0 Å². The Balaban J connectivity index is 1.76. The van der Waals surface area contributed by atoms with Crippen LogP contribution in [0.2, 0.25) is 0 Å². The maximum absolute atomic E-state index is 13.1. The van der Waals surface area contributed by atoms with E-state index in [9.17, 15) is 13.2 Å². The van der Waals surface area contributed by atoms with Crippen molar-refractivity contribution in [2.24, 2.45) is 5.92 Å². The molecule has 6 heteroatoms. The second-order valence-electron chi connectivity index (χ2n) is 7.37. The highest BCUT2D eigenvalue weighted by Gasteiger charge is 2.43. The molecule has 0 N–H and O–H groups in total. The SMILES string of the molecule is CCCS(=O)(=O)N1CCC[C@@H]1C(=O)N1CCC[C@@H]2CCCC[C@@H]21. The van der Waals surface area contributed by atoms with Gasteiger partial charge in [-0.3, -0.25) is 4.79 Å². The molecule has 0 bridgehead atoms. The Bertz CT molecular complexity index is 532. The Morgan fingerprint density at radius 2 is 1.70 bits per heavy atom. The molecular formula is C17H30N2O3S. The molecule has 0 spiro atoms. The van der Waals surface area contributed by atoms with Crippen LogP contribution in [0.25, 0.3) is 0 Å². The van der Waals surface area contributed by atoms with E-state index < -0.39 is 16.1 Å².